The molecule has 1 heterocycles. The number of allylic oxidation sites excluding steroid dienone is 1. The third-order valence-corrected chi connectivity index (χ3v) is 3.04. The van der Waals surface area contributed by atoms with Crippen molar-refractivity contribution in [3.8, 4) is 0 Å². The quantitative estimate of drug-likeness (QED) is 0.569. The molecular weight excluding hydrogens is 196 g/mol. The number of likely N-dealkylation sites (tertiary alicyclic amines) is 1. The summed E-state index contributed by atoms with van der Waals surface area (Å²) in [5, 5.41) is 3.55. The third kappa shape index (κ3) is 3.99. The molecule has 1 N–H and O–H groups in total. The predicted octanol–water partition coefficient (Wildman–Crippen LogP) is 1.71. The smallest absolute Gasteiger partial charge is 0.0404 e. The zero-order valence-electron chi connectivity index (χ0n) is 9.17. The highest BCUT2D eigenvalue weighted by atomic mass is 35.5. The van der Waals surface area contributed by atoms with Crippen molar-refractivity contribution in [1.29, 1.82) is 0 Å². The van der Waals surface area contributed by atoms with Crippen LogP contribution in [0.3, 0.4) is 0 Å². The second kappa shape index (κ2) is 6.44. The molecular formula is C11H21ClN2. The van der Waals surface area contributed by atoms with Crippen LogP contribution in [-0.2, 0) is 0 Å². The molecule has 2 nitrogen and oxygen atoms in total. The second-order valence-corrected chi connectivity index (χ2v) is 4.48. The van der Waals surface area contributed by atoms with Crippen molar-refractivity contribution in [2.24, 2.45) is 5.92 Å². The van der Waals surface area contributed by atoms with Crippen molar-refractivity contribution in [2.75, 3.05) is 32.6 Å². The molecule has 14 heavy (non-hydrogen) atoms. The van der Waals surface area contributed by atoms with E-state index in [-0.39, 0.29) is 0 Å². The highest BCUT2D eigenvalue weighted by Crippen LogP contribution is 2.14. The van der Waals surface area contributed by atoms with Crippen LogP contribution in [0.4, 0.5) is 0 Å². The lowest BCUT2D eigenvalue weighted by Crippen LogP contribution is -2.46. The largest absolute Gasteiger partial charge is 0.310 e. The summed E-state index contributed by atoms with van der Waals surface area (Å²) >= 11 is 5.55. The summed E-state index contributed by atoms with van der Waals surface area (Å²) in [7, 11) is 2.19. The van der Waals surface area contributed by atoms with Crippen LogP contribution >= 0.6 is 11.6 Å². The van der Waals surface area contributed by atoms with Gasteiger partial charge in [-0.2, -0.15) is 0 Å². The van der Waals surface area contributed by atoms with Crippen molar-refractivity contribution in [3.63, 3.8) is 0 Å². The SMILES string of the molecule is CC1CN(C)CCC1NC/C=C/CCl. The van der Waals surface area contributed by atoms with Gasteiger partial charge in [0, 0.05) is 25.0 Å². The molecule has 0 saturated carbocycles. The van der Waals surface area contributed by atoms with E-state index in [0.717, 1.165) is 12.5 Å². The molecule has 1 saturated heterocycles. The van der Waals surface area contributed by atoms with Gasteiger partial charge in [0.05, 0.1) is 0 Å². The van der Waals surface area contributed by atoms with E-state index < -0.39 is 0 Å². The normalized spacial score (nSPS) is 29.9. The summed E-state index contributed by atoms with van der Waals surface area (Å²) in [5.74, 6) is 1.36. The minimum Gasteiger partial charge on any atom is -0.310 e. The van der Waals surface area contributed by atoms with Gasteiger partial charge in [-0.3, -0.25) is 0 Å². The van der Waals surface area contributed by atoms with Gasteiger partial charge >= 0.3 is 0 Å². The zero-order chi connectivity index (χ0) is 10.4. The molecule has 1 fully saturated rings. The van der Waals surface area contributed by atoms with Crippen LogP contribution in [0.25, 0.3) is 0 Å². The summed E-state index contributed by atoms with van der Waals surface area (Å²) in [4.78, 5) is 2.40. The number of hydrogen-bond acceptors (Lipinski definition) is 2. The van der Waals surface area contributed by atoms with Crippen LogP contribution < -0.4 is 5.32 Å². The number of hydrogen-bond donors (Lipinski definition) is 1. The molecule has 1 aliphatic rings. The number of rotatable bonds is 4. The molecule has 0 amide bonds. The van der Waals surface area contributed by atoms with Crippen LogP contribution in [-0.4, -0.2) is 43.5 Å². The number of halogens is 1. The molecule has 1 aliphatic heterocycles. The van der Waals surface area contributed by atoms with E-state index in [1.807, 2.05) is 6.08 Å². The van der Waals surface area contributed by atoms with E-state index in [1.54, 1.807) is 0 Å². The lowest BCUT2D eigenvalue weighted by molar-refractivity contribution is 0.178. The molecule has 0 aromatic heterocycles. The standard InChI is InChI=1S/C11H21ClN2/c1-10-9-14(2)8-5-11(10)13-7-4-3-6-12/h3-4,10-11,13H,5-9H2,1-2H3/b4-3+. The molecule has 0 radical (unpaired) electrons. The Morgan fingerprint density at radius 3 is 2.93 bits per heavy atom. The van der Waals surface area contributed by atoms with Crippen molar-refractivity contribution in [3.05, 3.63) is 12.2 Å². The maximum absolute atomic E-state index is 5.55. The van der Waals surface area contributed by atoms with Crippen molar-refractivity contribution >= 4 is 11.6 Å². The molecule has 0 aromatic carbocycles. The molecule has 0 aliphatic carbocycles. The number of piperidine rings is 1. The van der Waals surface area contributed by atoms with Gasteiger partial charge in [-0.1, -0.05) is 19.1 Å². The topological polar surface area (TPSA) is 15.3 Å². The van der Waals surface area contributed by atoms with E-state index in [0.29, 0.717) is 11.9 Å². The number of alkyl halides is 1. The minimum atomic E-state index is 0.616. The number of nitrogens with zero attached hydrogens (tertiary/aromatic N) is 1. The van der Waals surface area contributed by atoms with Gasteiger partial charge in [-0.15, -0.1) is 11.6 Å². The van der Waals surface area contributed by atoms with Crippen molar-refractivity contribution in [2.45, 2.75) is 19.4 Å². The van der Waals surface area contributed by atoms with E-state index in [9.17, 15) is 0 Å². The van der Waals surface area contributed by atoms with Crippen molar-refractivity contribution < 1.29 is 0 Å². The summed E-state index contributed by atoms with van der Waals surface area (Å²) in [6.45, 7) is 5.68. The predicted molar refractivity (Wildman–Crippen MR) is 62.9 cm³/mol. The van der Waals surface area contributed by atoms with Crippen LogP contribution in [0, 0.1) is 5.92 Å². The monoisotopic (exact) mass is 216 g/mol. The Bertz CT molecular complexity index is 182. The van der Waals surface area contributed by atoms with E-state index in [1.165, 1.54) is 19.5 Å². The molecule has 0 spiro atoms. The minimum absolute atomic E-state index is 0.616. The van der Waals surface area contributed by atoms with Crippen LogP contribution in [0.15, 0.2) is 12.2 Å². The van der Waals surface area contributed by atoms with Gasteiger partial charge in [0.1, 0.15) is 0 Å². The molecule has 2 atom stereocenters. The van der Waals surface area contributed by atoms with Gasteiger partial charge in [-0.05, 0) is 25.9 Å². The lowest BCUT2D eigenvalue weighted by Gasteiger charge is -2.35. The van der Waals surface area contributed by atoms with Gasteiger partial charge < -0.3 is 10.2 Å². The van der Waals surface area contributed by atoms with Crippen LogP contribution in [0.1, 0.15) is 13.3 Å². The Kier molecular flexibility index (Phi) is 5.53. The summed E-state index contributed by atoms with van der Waals surface area (Å²) in [6.07, 6.45) is 5.36. The summed E-state index contributed by atoms with van der Waals surface area (Å²) in [5.41, 5.74) is 0. The molecule has 0 aromatic rings. The summed E-state index contributed by atoms with van der Waals surface area (Å²) in [6, 6.07) is 0.672. The Hall–Kier alpha value is -0.0500. The zero-order valence-corrected chi connectivity index (χ0v) is 9.93. The Balaban J connectivity index is 2.20. The first-order valence-corrected chi connectivity index (χ1v) is 5.90. The molecule has 2 unspecified atom stereocenters. The summed E-state index contributed by atoms with van der Waals surface area (Å²) < 4.78 is 0. The lowest BCUT2D eigenvalue weighted by atomic mass is 9.94. The van der Waals surface area contributed by atoms with Crippen LogP contribution in [0.5, 0.6) is 0 Å². The Morgan fingerprint density at radius 2 is 2.29 bits per heavy atom. The first-order valence-electron chi connectivity index (χ1n) is 5.37. The van der Waals surface area contributed by atoms with E-state index in [4.69, 9.17) is 11.6 Å². The van der Waals surface area contributed by atoms with Gasteiger partial charge in [-0.25, -0.2) is 0 Å². The maximum Gasteiger partial charge on any atom is 0.0404 e. The Labute approximate surface area is 92.3 Å². The second-order valence-electron chi connectivity index (χ2n) is 4.17. The highest BCUT2D eigenvalue weighted by molar-refractivity contribution is 6.18. The molecule has 82 valence electrons. The average molecular weight is 217 g/mol. The molecule has 3 heteroatoms. The first kappa shape index (κ1) is 12.0. The number of nitrogens with one attached hydrogen (secondary N) is 1. The van der Waals surface area contributed by atoms with Gasteiger partial charge in [0.2, 0.25) is 0 Å². The van der Waals surface area contributed by atoms with E-state index in [2.05, 4.69) is 30.3 Å². The Morgan fingerprint density at radius 1 is 1.50 bits per heavy atom. The van der Waals surface area contributed by atoms with Gasteiger partial charge in [0.15, 0.2) is 0 Å². The van der Waals surface area contributed by atoms with Crippen molar-refractivity contribution in [1.82, 2.24) is 10.2 Å². The van der Waals surface area contributed by atoms with Crippen LogP contribution in [0.2, 0.25) is 0 Å². The van der Waals surface area contributed by atoms with Gasteiger partial charge in [0.25, 0.3) is 0 Å². The fourth-order valence-electron chi connectivity index (χ4n) is 2.02. The molecule has 0 bridgehead atoms. The molecule has 1 rings (SSSR count). The average Bonchev–Trinajstić information content (AvgIpc) is 2.15. The first-order chi connectivity index (χ1) is 6.74. The van der Waals surface area contributed by atoms with E-state index >= 15 is 0 Å². The maximum atomic E-state index is 5.55. The fraction of sp³-hybridized carbons (Fsp3) is 0.818. The highest BCUT2D eigenvalue weighted by Gasteiger charge is 2.22. The fourth-order valence-corrected chi connectivity index (χ4v) is 2.15. The third-order valence-electron chi connectivity index (χ3n) is 2.86.